The number of carboxylic acid groups (broad SMARTS) is 1. The van der Waals surface area contributed by atoms with Crippen LogP contribution in [0.5, 0.6) is 0 Å². The highest BCUT2D eigenvalue weighted by molar-refractivity contribution is 5.80. The molecule has 0 saturated carbocycles. The number of nitrogens with one attached hydrogen (secondary N) is 1. The molecule has 0 aliphatic carbocycles. The average molecular weight is 263 g/mol. The van der Waals surface area contributed by atoms with Gasteiger partial charge in [-0.1, -0.05) is 6.08 Å². The van der Waals surface area contributed by atoms with Gasteiger partial charge in [0, 0.05) is 25.5 Å². The minimum atomic E-state index is -1.05. The van der Waals surface area contributed by atoms with Crippen LogP contribution in [-0.4, -0.2) is 46.6 Å². The zero-order valence-electron chi connectivity index (χ0n) is 10.6. The van der Waals surface area contributed by atoms with Gasteiger partial charge in [-0.3, -0.25) is 9.78 Å². The molecule has 0 aliphatic rings. The highest BCUT2D eigenvalue weighted by Gasteiger charge is 2.14. The lowest BCUT2D eigenvalue weighted by molar-refractivity contribution is -0.137. The fourth-order valence-corrected chi connectivity index (χ4v) is 1.51. The van der Waals surface area contributed by atoms with E-state index in [1.807, 2.05) is 12.1 Å². The Kier molecular flexibility index (Phi) is 6.08. The van der Waals surface area contributed by atoms with Gasteiger partial charge in [0.25, 0.3) is 0 Å². The maximum atomic E-state index is 11.8. The van der Waals surface area contributed by atoms with Crippen molar-refractivity contribution in [2.24, 2.45) is 0 Å². The molecular formula is C13H17N3O3. The molecule has 0 saturated heterocycles. The molecule has 19 heavy (non-hydrogen) atoms. The third-order valence-corrected chi connectivity index (χ3v) is 2.40. The van der Waals surface area contributed by atoms with E-state index in [-0.39, 0.29) is 13.1 Å². The monoisotopic (exact) mass is 263 g/mol. The van der Waals surface area contributed by atoms with Crippen LogP contribution in [0.15, 0.2) is 37.2 Å². The van der Waals surface area contributed by atoms with Gasteiger partial charge in [0.1, 0.15) is 6.54 Å². The molecule has 2 N–H and O–H groups in total. The van der Waals surface area contributed by atoms with Crippen molar-refractivity contribution in [3.05, 3.63) is 42.7 Å². The van der Waals surface area contributed by atoms with Crippen LogP contribution < -0.4 is 5.32 Å². The fraction of sp³-hybridized carbons (Fsp3) is 0.308. The highest BCUT2D eigenvalue weighted by Crippen LogP contribution is 1.97. The minimum absolute atomic E-state index is 0.202. The number of aromatic nitrogens is 1. The number of rotatable bonds is 7. The first-order valence-corrected chi connectivity index (χ1v) is 5.88. The molecular weight excluding hydrogens is 246 g/mol. The molecule has 6 heteroatoms. The van der Waals surface area contributed by atoms with Crippen molar-refractivity contribution in [1.29, 1.82) is 0 Å². The summed E-state index contributed by atoms with van der Waals surface area (Å²) in [6.45, 7) is 3.80. The van der Waals surface area contributed by atoms with Crippen LogP contribution >= 0.6 is 0 Å². The van der Waals surface area contributed by atoms with Gasteiger partial charge in [0.15, 0.2) is 0 Å². The second-order valence-corrected chi connectivity index (χ2v) is 3.90. The van der Waals surface area contributed by atoms with E-state index in [2.05, 4.69) is 16.9 Å². The van der Waals surface area contributed by atoms with Crippen molar-refractivity contribution < 1.29 is 14.7 Å². The summed E-state index contributed by atoms with van der Waals surface area (Å²) in [6.07, 6.45) is 5.53. The van der Waals surface area contributed by atoms with Gasteiger partial charge in [0.05, 0.1) is 0 Å². The molecule has 2 amide bonds. The summed E-state index contributed by atoms with van der Waals surface area (Å²) in [6, 6.07) is 3.33. The maximum absolute atomic E-state index is 11.8. The van der Waals surface area contributed by atoms with Gasteiger partial charge in [-0.05, 0) is 24.1 Å². The van der Waals surface area contributed by atoms with Crippen molar-refractivity contribution in [2.45, 2.75) is 6.42 Å². The summed E-state index contributed by atoms with van der Waals surface area (Å²) in [4.78, 5) is 27.5. The van der Waals surface area contributed by atoms with Crippen LogP contribution in [0.1, 0.15) is 5.56 Å². The van der Waals surface area contributed by atoms with E-state index in [0.717, 1.165) is 5.56 Å². The van der Waals surface area contributed by atoms with Crippen LogP contribution in [0.25, 0.3) is 0 Å². The first-order chi connectivity index (χ1) is 9.13. The summed E-state index contributed by atoms with van der Waals surface area (Å²) < 4.78 is 0. The van der Waals surface area contributed by atoms with Gasteiger partial charge in [0.2, 0.25) is 0 Å². The van der Waals surface area contributed by atoms with E-state index in [4.69, 9.17) is 5.11 Å². The van der Waals surface area contributed by atoms with E-state index in [1.54, 1.807) is 12.4 Å². The number of carbonyl (C=O) groups is 2. The molecule has 0 aliphatic heterocycles. The van der Waals surface area contributed by atoms with Crippen LogP contribution in [0.4, 0.5) is 4.79 Å². The van der Waals surface area contributed by atoms with Crippen molar-refractivity contribution >= 4 is 12.0 Å². The topological polar surface area (TPSA) is 82.5 Å². The predicted octanol–water partition coefficient (Wildman–Crippen LogP) is 0.906. The number of urea groups is 1. The first kappa shape index (κ1) is 14.7. The summed E-state index contributed by atoms with van der Waals surface area (Å²) in [5.41, 5.74) is 1.06. The van der Waals surface area contributed by atoms with Gasteiger partial charge >= 0.3 is 12.0 Å². The number of nitrogens with zero attached hydrogens (tertiary/aromatic N) is 2. The van der Waals surface area contributed by atoms with E-state index >= 15 is 0 Å². The zero-order valence-corrected chi connectivity index (χ0v) is 10.6. The Morgan fingerprint density at radius 2 is 2.11 bits per heavy atom. The Morgan fingerprint density at radius 1 is 1.42 bits per heavy atom. The lowest BCUT2D eigenvalue weighted by Gasteiger charge is -2.19. The second-order valence-electron chi connectivity index (χ2n) is 3.90. The zero-order chi connectivity index (χ0) is 14.1. The van der Waals surface area contributed by atoms with Crippen molar-refractivity contribution in [2.75, 3.05) is 19.6 Å². The number of hydrogen-bond acceptors (Lipinski definition) is 3. The van der Waals surface area contributed by atoms with Crippen LogP contribution in [0, 0.1) is 0 Å². The molecule has 1 rings (SSSR count). The van der Waals surface area contributed by atoms with Crippen LogP contribution in [-0.2, 0) is 11.2 Å². The third kappa shape index (κ3) is 5.67. The molecule has 0 unspecified atom stereocenters. The Balaban J connectivity index is 2.39. The van der Waals surface area contributed by atoms with Crippen LogP contribution in [0.3, 0.4) is 0 Å². The minimum Gasteiger partial charge on any atom is -0.480 e. The number of pyridine rings is 1. The van der Waals surface area contributed by atoms with Crippen molar-refractivity contribution in [3.8, 4) is 0 Å². The first-order valence-electron chi connectivity index (χ1n) is 5.88. The molecule has 0 spiro atoms. The van der Waals surface area contributed by atoms with Gasteiger partial charge in [-0.25, -0.2) is 4.79 Å². The molecule has 102 valence electrons. The molecule has 6 nitrogen and oxygen atoms in total. The lowest BCUT2D eigenvalue weighted by Crippen LogP contribution is -2.43. The van der Waals surface area contributed by atoms with E-state index < -0.39 is 12.0 Å². The van der Waals surface area contributed by atoms with E-state index in [9.17, 15) is 9.59 Å². The largest absolute Gasteiger partial charge is 0.480 e. The molecule has 1 aromatic heterocycles. The Bertz CT molecular complexity index is 434. The van der Waals surface area contributed by atoms with Crippen molar-refractivity contribution in [3.63, 3.8) is 0 Å². The summed E-state index contributed by atoms with van der Waals surface area (Å²) in [5.74, 6) is -1.05. The normalized spacial score (nSPS) is 9.68. The second kappa shape index (κ2) is 7.86. The van der Waals surface area contributed by atoms with Crippen molar-refractivity contribution in [1.82, 2.24) is 15.2 Å². The predicted molar refractivity (Wildman–Crippen MR) is 70.7 cm³/mol. The third-order valence-electron chi connectivity index (χ3n) is 2.40. The molecule has 0 radical (unpaired) electrons. The number of aliphatic carboxylic acids is 1. The molecule has 1 heterocycles. The highest BCUT2D eigenvalue weighted by atomic mass is 16.4. The summed E-state index contributed by atoms with van der Waals surface area (Å²) in [7, 11) is 0. The van der Waals surface area contributed by atoms with Gasteiger partial charge in [-0.15, -0.1) is 6.58 Å². The SMILES string of the molecule is C=CCN(CC(=O)O)C(=O)NCCc1ccncc1. The van der Waals surface area contributed by atoms with Crippen LogP contribution in [0.2, 0.25) is 0 Å². The smallest absolute Gasteiger partial charge is 0.323 e. The summed E-state index contributed by atoms with van der Waals surface area (Å²) >= 11 is 0. The molecule has 1 aromatic rings. The summed E-state index contributed by atoms with van der Waals surface area (Å²) in [5, 5.41) is 11.4. The van der Waals surface area contributed by atoms with Gasteiger partial charge in [-0.2, -0.15) is 0 Å². The molecule has 0 atom stereocenters. The quantitative estimate of drug-likeness (QED) is 0.716. The van der Waals surface area contributed by atoms with E-state index in [1.165, 1.54) is 11.0 Å². The standard InChI is InChI=1S/C13H17N3O3/c1-2-9-16(10-12(17)18)13(19)15-8-5-11-3-6-14-7-4-11/h2-4,6-7H,1,5,8-10H2,(H,15,19)(H,17,18). The number of carboxylic acids is 1. The lowest BCUT2D eigenvalue weighted by atomic mass is 10.2. The Hall–Kier alpha value is -2.37. The Morgan fingerprint density at radius 3 is 2.68 bits per heavy atom. The van der Waals surface area contributed by atoms with E-state index in [0.29, 0.717) is 13.0 Å². The number of carbonyl (C=O) groups excluding carboxylic acids is 1. The number of hydrogen-bond donors (Lipinski definition) is 2. The fourth-order valence-electron chi connectivity index (χ4n) is 1.51. The average Bonchev–Trinajstić information content (AvgIpc) is 2.39. The molecule has 0 aromatic carbocycles. The molecule has 0 fully saturated rings. The number of amides is 2. The Labute approximate surface area is 111 Å². The van der Waals surface area contributed by atoms with Gasteiger partial charge < -0.3 is 15.3 Å². The maximum Gasteiger partial charge on any atom is 0.323 e. The molecule has 0 bridgehead atoms.